The topological polar surface area (TPSA) is 38.8 Å². The third-order valence-electron chi connectivity index (χ3n) is 3.75. The second-order valence-electron chi connectivity index (χ2n) is 5.20. The van der Waals surface area contributed by atoms with Gasteiger partial charge in [0.15, 0.2) is 11.5 Å². The molecule has 22 heavy (non-hydrogen) atoms. The van der Waals surface area contributed by atoms with Gasteiger partial charge in [0.1, 0.15) is 13.2 Å². The highest BCUT2D eigenvalue weighted by molar-refractivity contribution is 6.07. The monoisotopic (exact) mass is 297 g/mol. The Morgan fingerprint density at radius 1 is 1.09 bits per heavy atom. The van der Waals surface area contributed by atoms with Crippen LogP contribution in [0.3, 0.4) is 0 Å². The van der Waals surface area contributed by atoms with Crippen LogP contribution in [0.4, 0.5) is 5.69 Å². The molecule has 0 fully saturated rings. The van der Waals surface area contributed by atoms with Crippen molar-refractivity contribution in [3.05, 3.63) is 53.6 Å². The molecule has 1 aliphatic heterocycles. The fourth-order valence-electron chi connectivity index (χ4n) is 2.62. The van der Waals surface area contributed by atoms with Crippen LogP contribution in [0, 0.1) is 6.92 Å². The lowest BCUT2D eigenvalue weighted by Crippen LogP contribution is -2.31. The normalized spacial score (nSPS) is 12.8. The maximum atomic E-state index is 12.9. The summed E-state index contributed by atoms with van der Waals surface area (Å²) in [4.78, 5) is 14.7. The molecule has 0 aliphatic carbocycles. The van der Waals surface area contributed by atoms with Crippen LogP contribution in [0.15, 0.2) is 42.5 Å². The van der Waals surface area contributed by atoms with Crippen molar-refractivity contribution >= 4 is 11.6 Å². The lowest BCUT2D eigenvalue weighted by molar-refractivity contribution is 0.0986. The van der Waals surface area contributed by atoms with Gasteiger partial charge < -0.3 is 14.4 Å². The zero-order valence-electron chi connectivity index (χ0n) is 12.8. The number of nitrogens with zero attached hydrogens (tertiary/aromatic N) is 1. The number of aryl methyl sites for hydroxylation is 1. The highest BCUT2D eigenvalue weighted by Crippen LogP contribution is 2.33. The molecule has 4 nitrogen and oxygen atoms in total. The molecule has 0 N–H and O–H groups in total. The summed E-state index contributed by atoms with van der Waals surface area (Å²) in [6.07, 6.45) is 0. The van der Waals surface area contributed by atoms with Crippen molar-refractivity contribution in [2.24, 2.45) is 0 Å². The lowest BCUT2D eigenvalue weighted by atomic mass is 10.1. The van der Waals surface area contributed by atoms with Crippen molar-refractivity contribution in [3.8, 4) is 11.5 Å². The molecule has 0 spiro atoms. The van der Waals surface area contributed by atoms with Crippen molar-refractivity contribution in [2.45, 2.75) is 13.8 Å². The fraction of sp³-hybridized carbons (Fsp3) is 0.278. The highest BCUT2D eigenvalue weighted by atomic mass is 16.6. The second-order valence-corrected chi connectivity index (χ2v) is 5.20. The Balaban J connectivity index is 1.97. The Morgan fingerprint density at radius 3 is 2.36 bits per heavy atom. The van der Waals surface area contributed by atoms with E-state index in [1.54, 1.807) is 11.0 Å². The number of hydrogen-bond donors (Lipinski definition) is 0. The van der Waals surface area contributed by atoms with E-state index in [1.165, 1.54) is 0 Å². The van der Waals surface area contributed by atoms with E-state index in [4.69, 9.17) is 9.47 Å². The van der Waals surface area contributed by atoms with Gasteiger partial charge in [-0.05, 0) is 43.7 Å². The Labute approximate surface area is 130 Å². The predicted molar refractivity (Wildman–Crippen MR) is 86.0 cm³/mol. The van der Waals surface area contributed by atoms with Gasteiger partial charge in [0.25, 0.3) is 5.91 Å². The largest absolute Gasteiger partial charge is 0.486 e. The minimum Gasteiger partial charge on any atom is -0.486 e. The van der Waals surface area contributed by atoms with Crippen LogP contribution in [0.25, 0.3) is 0 Å². The quantitative estimate of drug-likeness (QED) is 0.871. The molecule has 0 saturated heterocycles. The van der Waals surface area contributed by atoms with Gasteiger partial charge in [-0.25, -0.2) is 0 Å². The Kier molecular flexibility index (Phi) is 4.00. The maximum Gasteiger partial charge on any atom is 0.258 e. The Bertz CT molecular complexity index is 682. The number of anilines is 1. The number of hydrogen-bond acceptors (Lipinski definition) is 3. The second kappa shape index (κ2) is 6.10. The van der Waals surface area contributed by atoms with Gasteiger partial charge in [0.2, 0.25) is 0 Å². The van der Waals surface area contributed by atoms with Gasteiger partial charge in [0, 0.05) is 17.8 Å². The molecule has 0 atom stereocenters. The van der Waals surface area contributed by atoms with E-state index < -0.39 is 0 Å². The van der Waals surface area contributed by atoms with Gasteiger partial charge in [-0.3, -0.25) is 4.79 Å². The van der Waals surface area contributed by atoms with Crippen molar-refractivity contribution in [3.63, 3.8) is 0 Å². The molecule has 1 amide bonds. The first-order chi connectivity index (χ1) is 10.7. The van der Waals surface area contributed by atoms with Crippen LogP contribution in [-0.2, 0) is 0 Å². The smallest absolute Gasteiger partial charge is 0.258 e. The average molecular weight is 297 g/mol. The van der Waals surface area contributed by atoms with Crippen LogP contribution in [-0.4, -0.2) is 25.7 Å². The number of ether oxygens (including phenoxy) is 2. The van der Waals surface area contributed by atoms with Crippen LogP contribution < -0.4 is 14.4 Å². The number of fused-ring (bicyclic) bond motifs is 1. The molecule has 0 unspecified atom stereocenters. The summed E-state index contributed by atoms with van der Waals surface area (Å²) in [6.45, 7) is 5.56. The van der Waals surface area contributed by atoms with Gasteiger partial charge in [0.05, 0.1) is 0 Å². The number of carbonyl (C=O) groups excluding carboxylic acids is 1. The molecule has 2 aromatic rings. The summed E-state index contributed by atoms with van der Waals surface area (Å²) < 4.78 is 11.2. The summed E-state index contributed by atoms with van der Waals surface area (Å²) in [5.41, 5.74) is 2.43. The first-order valence-corrected chi connectivity index (χ1v) is 7.48. The highest BCUT2D eigenvalue weighted by Gasteiger charge is 2.22. The van der Waals surface area contributed by atoms with E-state index in [1.807, 2.05) is 50.2 Å². The standard InChI is InChI=1S/C18H19NO3/c1-3-19(14-7-5-4-6-8-14)18(20)15-12-17-16(11-13(15)2)21-9-10-22-17/h4-8,11-12H,3,9-10H2,1-2H3. The first-order valence-electron chi connectivity index (χ1n) is 7.48. The average Bonchev–Trinajstić information content (AvgIpc) is 2.55. The van der Waals surface area contributed by atoms with Crippen molar-refractivity contribution < 1.29 is 14.3 Å². The van der Waals surface area contributed by atoms with Gasteiger partial charge in [-0.2, -0.15) is 0 Å². The molecule has 3 rings (SSSR count). The minimum atomic E-state index is -0.0248. The summed E-state index contributed by atoms with van der Waals surface area (Å²) >= 11 is 0. The van der Waals surface area contributed by atoms with Gasteiger partial charge >= 0.3 is 0 Å². The van der Waals surface area contributed by atoms with E-state index in [-0.39, 0.29) is 5.91 Å². The third-order valence-corrected chi connectivity index (χ3v) is 3.75. The van der Waals surface area contributed by atoms with Crippen LogP contribution in [0.2, 0.25) is 0 Å². The maximum absolute atomic E-state index is 12.9. The summed E-state index contributed by atoms with van der Waals surface area (Å²) in [7, 11) is 0. The third kappa shape index (κ3) is 2.64. The number of carbonyl (C=O) groups is 1. The zero-order valence-corrected chi connectivity index (χ0v) is 12.8. The fourth-order valence-corrected chi connectivity index (χ4v) is 2.62. The van der Waals surface area contributed by atoms with Crippen LogP contribution >= 0.6 is 0 Å². The zero-order chi connectivity index (χ0) is 15.5. The predicted octanol–water partition coefficient (Wildman–Crippen LogP) is 3.43. The minimum absolute atomic E-state index is 0.0248. The molecule has 0 bridgehead atoms. The molecule has 4 heteroatoms. The van der Waals surface area contributed by atoms with E-state index >= 15 is 0 Å². The molecule has 0 saturated carbocycles. The summed E-state index contributed by atoms with van der Waals surface area (Å²) in [5.74, 6) is 1.33. The van der Waals surface area contributed by atoms with Crippen molar-refractivity contribution in [1.29, 1.82) is 0 Å². The molecule has 0 aromatic heterocycles. The van der Waals surface area contributed by atoms with Crippen molar-refractivity contribution in [1.82, 2.24) is 0 Å². The SMILES string of the molecule is CCN(C(=O)c1cc2c(cc1C)OCCO2)c1ccccc1. The molecule has 2 aromatic carbocycles. The molecule has 114 valence electrons. The van der Waals surface area contributed by atoms with E-state index in [2.05, 4.69) is 0 Å². The van der Waals surface area contributed by atoms with Crippen LogP contribution in [0.1, 0.15) is 22.8 Å². The molecular formula is C18H19NO3. The number of rotatable bonds is 3. The van der Waals surface area contributed by atoms with E-state index in [0.717, 1.165) is 11.3 Å². The lowest BCUT2D eigenvalue weighted by Gasteiger charge is -2.24. The molecule has 1 aliphatic rings. The Morgan fingerprint density at radius 2 is 1.73 bits per heavy atom. The van der Waals surface area contributed by atoms with E-state index in [0.29, 0.717) is 36.8 Å². The molecular weight excluding hydrogens is 278 g/mol. The van der Waals surface area contributed by atoms with E-state index in [9.17, 15) is 4.79 Å². The van der Waals surface area contributed by atoms with Gasteiger partial charge in [-0.1, -0.05) is 18.2 Å². The molecule has 0 radical (unpaired) electrons. The van der Waals surface area contributed by atoms with Crippen LogP contribution in [0.5, 0.6) is 11.5 Å². The molecule has 1 heterocycles. The Hall–Kier alpha value is -2.49. The number of amides is 1. The first kappa shape index (κ1) is 14.4. The summed E-state index contributed by atoms with van der Waals surface area (Å²) in [6, 6.07) is 13.4. The summed E-state index contributed by atoms with van der Waals surface area (Å²) in [5, 5.41) is 0. The van der Waals surface area contributed by atoms with Gasteiger partial charge in [-0.15, -0.1) is 0 Å². The van der Waals surface area contributed by atoms with Crippen molar-refractivity contribution in [2.75, 3.05) is 24.7 Å². The number of benzene rings is 2. The number of para-hydroxylation sites is 1.